The summed E-state index contributed by atoms with van der Waals surface area (Å²) in [6.45, 7) is 18.4. The van der Waals surface area contributed by atoms with Crippen molar-refractivity contribution in [3.8, 4) is 0 Å². The van der Waals surface area contributed by atoms with Crippen molar-refractivity contribution in [3.05, 3.63) is 103 Å². The van der Waals surface area contributed by atoms with E-state index in [0.717, 1.165) is 13.8 Å². The number of ketones is 2. The molecule has 2 aromatic rings. The number of carbonyl (C=O) groups is 6. The largest absolute Gasteiger partial charge is 0.485 e. The molecule has 0 N–H and O–H groups in total. The number of ether oxygens (including phenoxy) is 5. The molecule has 0 aromatic heterocycles. The molecule has 0 amide bonds. The van der Waals surface area contributed by atoms with E-state index in [2.05, 4.69) is 13.2 Å². The molecule has 0 radical (unpaired) electrons. The second-order valence-corrected chi connectivity index (χ2v) is 14.0. The van der Waals surface area contributed by atoms with E-state index in [9.17, 15) is 28.8 Å². The quantitative estimate of drug-likeness (QED) is 0.137. The molecule has 0 heterocycles. The number of allylic oxidation sites excluding steroid dienone is 2. The van der Waals surface area contributed by atoms with Crippen molar-refractivity contribution in [2.75, 3.05) is 0 Å². The van der Waals surface area contributed by atoms with Gasteiger partial charge in [-0.25, -0.2) is 4.79 Å². The number of hydrogen-bond acceptors (Lipinski definition) is 11. The third-order valence-electron chi connectivity index (χ3n) is 9.47. The molecule has 8 atom stereocenters. The highest BCUT2D eigenvalue weighted by Crippen LogP contribution is 2.51. The molecule has 4 rings (SSSR count). The normalized spacial score (nSPS) is 28.7. The third-order valence-corrected chi connectivity index (χ3v) is 9.47. The van der Waals surface area contributed by atoms with Crippen molar-refractivity contribution in [1.29, 1.82) is 0 Å². The van der Waals surface area contributed by atoms with Gasteiger partial charge in [0.15, 0.2) is 23.3 Å². The number of Topliss-reactive ketones (excluding diaryl/α,β-unsaturated/α-hetero) is 2. The Morgan fingerprint density at radius 3 is 1.81 bits per heavy atom. The van der Waals surface area contributed by atoms with E-state index in [1.165, 1.54) is 31.2 Å². The highest BCUT2D eigenvalue weighted by atomic mass is 16.6. The van der Waals surface area contributed by atoms with Crippen LogP contribution in [0.4, 0.5) is 0 Å². The molecule has 0 bridgehead atoms. The molecule has 2 aliphatic rings. The number of carbonyl (C=O) groups excluding carboxylic acids is 6. The molecular weight excluding hydrogens is 668 g/mol. The molecule has 276 valence electrons. The fourth-order valence-electron chi connectivity index (χ4n) is 7.04. The van der Waals surface area contributed by atoms with Crippen LogP contribution in [0, 0.1) is 23.2 Å². The van der Waals surface area contributed by atoms with E-state index in [-0.39, 0.29) is 23.3 Å². The molecule has 2 aromatic carbocycles. The van der Waals surface area contributed by atoms with E-state index in [0.29, 0.717) is 5.56 Å². The van der Waals surface area contributed by atoms with Gasteiger partial charge in [0.05, 0.1) is 11.5 Å². The minimum atomic E-state index is -1.99. The number of fused-ring (bicyclic) bond motifs is 1. The lowest BCUT2D eigenvalue weighted by Gasteiger charge is -2.43. The number of rotatable bonds is 8. The van der Waals surface area contributed by atoms with Gasteiger partial charge >= 0.3 is 23.9 Å². The van der Waals surface area contributed by atoms with Crippen LogP contribution in [0.1, 0.15) is 70.8 Å². The molecule has 0 unspecified atom stereocenters. The van der Waals surface area contributed by atoms with E-state index in [1.807, 2.05) is 0 Å². The first-order valence-electron chi connectivity index (χ1n) is 17.1. The Balaban J connectivity index is 2.09. The van der Waals surface area contributed by atoms with Crippen LogP contribution in [0.5, 0.6) is 0 Å². The molecule has 11 nitrogen and oxygen atoms in total. The van der Waals surface area contributed by atoms with Crippen LogP contribution in [0.15, 0.2) is 91.5 Å². The molecule has 1 fully saturated rings. The lowest BCUT2D eigenvalue weighted by Crippen LogP contribution is -2.58. The van der Waals surface area contributed by atoms with Gasteiger partial charge in [-0.2, -0.15) is 0 Å². The van der Waals surface area contributed by atoms with Gasteiger partial charge in [0, 0.05) is 49.7 Å². The molecule has 0 saturated heterocycles. The maximum absolute atomic E-state index is 14.8. The zero-order valence-electron chi connectivity index (χ0n) is 30.6. The Bertz CT molecular complexity index is 1760. The molecule has 2 aliphatic carbocycles. The zero-order valence-corrected chi connectivity index (χ0v) is 30.6. The zero-order chi connectivity index (χ0) is 38.5. The minimum Gasteiger partial charge on any atom is -0.485 e. The summed E-state index contributed by atoms with van der Waals surface area (Å²) in [5.41, 5.74) is -2.89. The Kier molecular flexibility index (Phi) is 12.1. The number of esters is 4. The van der Waals surface area contributed by atoms with Gasteiger partial charge in [0.25, 0.3) is 0 Å². The topological polar surface area (TPSA) is 149 Å². The van der Waals surface area contributed by atoms with Crippen LogP contribution in [0.3, 0.4) is 0 Å². The highest BCUT2D eigenvalue weighted by molar-refractivity contribution is 5.96. The summed E-state index contributed by atoms with van der Waals surface area (Å²) in [5, 5.41) is 0. The second-order valence-electron chi connectivity index (χ2n) is 14.0. The lowest BCUT2D eigenvalue weighted by molar-refractivity contribution is -0.181. The first kappa shape index (κ1) is 39.5. The third kappa shape index (κ3) is 8.41. The van der Waals surface area contributed by atoms with Gasteiger partial charge in [0.1, 0.15) is 18.0 Å². The molecule has 0 aliphatic heterocycles. The standard InChI is InChI=1S/C41H46O11/c1-23-20-21-40(8,9)38(46)36(50-28(6)43)35(51-39(47)31-18-14-11-15-19-31)25(3)34(48-26(4)30-16-12-10-13-17-30)32-33(49-27(5)42)24(2)22-41(32,37(23)45)52-29(7)44/h10-21,23-24,32-36H,3-4,22H2,1-2,5-9H3/t23-,24-,32+,33-,34-,35-,36+,41+/m0/s1. The number of benzene rings is 2. The lowest BCUT2D eigenvalue weighted by atomic mass is 9.72. The smallest absolute Gasteiger partial charge is 0.338 e. The van der Waals surface area contributed by atoms with Gasteiger partial charge in [-0.05, 0) is 31.9 Å². The molecule has 11 heteroatoms. The van der Waals surface area contributed by atoms with Crippen LogP contribution >= 0.6 is 0 Å². The van der Waals surface area contributed by atoms with E-state index in [1.54, 1.807) is 76.2 Å². The predicted molar refractivity (Wildman–Crippen MR) is 190 cm³/mol. The summed E-state index contributed by atoms with van der Waals surface area (Å²) in [7, 11) is 0. The van der Waals surface area contributed by atoms with Crippen molar-refractivity contribution >= 4 is 41.2 Å². The average molecular weight is 715 g/mol. The molecular formula is C41H46O11. The molecule has 52 heavy (non-hydrogen) atoms. The van der Waals surface area contributed by atoms with E-state index < -0.39 is 88.6 Å². The van der Waals surface area contributed by atoms with Crippen LogP contribution in [-0.2, 0) is 47.7 Å². The predicted octanol–water partition coefficient (Wildman–Crippen LogP) is 6.02. The average Bonchev–Trinajstić information content (AvgIpc) is 3.36. The summed E-state index contributed by atoms with van der Waals surface area (Å²) in [4.78, 5) is 81.4. The van der Waals surface area contributed by atoms with Gasteiger partial charge in [-0.15, -0.1) is 0 Å². The highest BCUT2D eigenvalue weighted by Gasteiger charge is 2.65. The Morgan fingerprint density at radius 2 is 1.27 bits per heavy atom. The maximum Gasteiger partial charge on any atom is 0.338 e. The van der Waals surface area contributed by atoms with Crippen molar-refractivity contribution in [2.24, 2.45) is 23.2 Å². The Labute approximate surface area is 304 Å². The Hall–Kier alpha value is -5.32. The van der Waals surface area contributed by atoms with Gasteiger partial charge < -0.3 is 23.7 Å². The summed E-state index contributed by atoms with van der Waals surface area (Å²) < 4.78 is 30.3. The van der Waals surface area contributed by atoms with Crippen LogP contribution in [-0.4, -0.2) is 65.5 Å². The van der Waals surface area contributed by atoms with Crippen molar-refractivity contribution in [1.82, 2.24) is 0 Å². The Morgan fingerprint density at radius 1 is 0.712 bits per heavy atom. The minimum absolute atomic E-state index is 0.0703. The number of hydrogen-bond donors (Lipinski definition) is 0. The maximum atomic E-state index is 14.8. The molecule has 0 spiro atoms. The van der Waals surface area contributed by atoms with Crippen LogP contribution in [0.25, 0.3) is 5.76 Å². The van der Waals surface area contributed by atoms with E-state index >= 15 is 0 Å². The van der Waals surface area contributed by atoms with Crippen molar-refractivity contribution in [2.45, 2.75) is 84.9 Å². The first-order chi connectivity index (χ1) is 24.4. The van der Waals surface area contributed by atoms with Crippen LogP contribution < -0.4 is 0 Å². The monoisotopic (exact) mass is 714 g/mol. The van der Waals surface area contributed by atoms with Gasteiger partial charge in [-0.1, -0.05) is 87.7 Å². The summed E-state index contributed by atoms with van der Waals surface area (Å²) in [6.07, 6.45) is -3.22. The summed E-state index contributed by atoms with van der Waals surface area (Å²) in [6, 6.07) is 16.7. The summed E-state index contributed by atoms with van der Waals surface area (Å²) >= 11 is 0. The fraction of sp³-hybridized carbons (Fsp3) is 0.415. The fourth-order valence-corrected chi connectivity index (χ4v) is 7.04. The second kappa shape index (κ2) is 15.9. The summed E-state index contributed by atoms with van der Waals surface area (Å²) in [5.74, 6) is -7.22. The van der Waals surface area contributed by atoms with Gasteiger partial charge in [-0.3, -0.25) is 24.0 Å². The van der Waals surface area contributed by atoms with E-state index in [4.69, 9.17) is 23.7 Å². The van der Waals surface area contributed by atoms with Crippen LogP contribution in [0.2, 0.25) is 0 Å². The SMILES string of the molecule is C=C(O[C@H]1C(=C)[C@H](OC(=O)c2ccccc2)[C@@H](OC(C)=O)C(=O)C(C)(C)C=C[C@H](C)C(=O)[C@@]2(OC(C)=O)C[C@H](C)[C@H](OC(C)=O)[C@H]12)c1ccccc1. The van der Waals surface area contributed by atoms with Gasteiger partial charge in [0.2, 0.25) is 6.10 Å². The molecule has 1 saturated carbocycles. The van der Waals surface area contributed by atoms with Crippen molar-refractivity contribution < 1.29 is 52.5 Å². The van der Waals surface area contributed by atoms with Crippen molar-refractivity contribution in [3.63, 3.8) is 0 Å². The first-order valence-corrected chi connectivity index (χ1v) is 17.1.